The molecule has 1 N–H and O–H groups in total. The Hall–Kier alpha value is -3.28. The largest absolute Gasteiger partial charge is 0.508 e. The molecule has 6 heteroatoms. The first-order valence-corrected chi connectivity index (χ1v) is 6.71. The summed E-state index contributed by atoms with van der Waals surface area (Å²) in [4.78, 5) is 24.2. The fraction of sp³-hybridized carbons (Fsp3) is 0.0588. The van der Waals surface area contributed by atoms with E-state index in [1.807, 2.05) is 0 Å². The summed E-state index contributed by atoms with van der Waals surface area (Å²) in [5.41, 5.74) is -0.386. The van der Waals surface area contributed by atoms with Crippen molar-refractivity contribution in [2.45, 2.75) is 0 Å². The highest BCUT2D eigenvalue weighted by Gasteiger charge is 2.20. The number of ether oxygens (including phenoxy) is 2. The molecule has 23 heavy (non-hydrogen) atoms. The van der Waals surface area contributed by atoms with E-state index in [1.165, 1.54) is 25.3 Å². The van der Waals surface area contributed by atoms with Gasteiger partial charge in [-0.25, -0.2) is 9.59 Å². The summed E-state index contributed by atoms with van der Waals surface area (Å²) in [5.74, 6) is -0.977. The summed E-state index contributed by atoms with van der Waals surface area (Å²) >= 11 is 0. The molecule has 1 aromatic heterocycles. The summed E-state index contributed by atoms with van der Waals surface area (Å²) in [5, 5.41) is 9.83. The predicted octanol–water partition coefficient (Wildman–Crippen LogP) is 2.73. The van der Waals surface area contributed by atoms with Crippen LogP contribution in [0.25, 0.3) is 11.0 Å². The van der Waals surface area contributed by atoms with E-state index in [0.717, 1.165) is 0 Å². The summed E-state index contributed by atoms with van der Waals surface area (Å²) in [6.45, 7) is 0. The van der Waals surface area contributed by atoms with E-state index < -0.39 is 11.6 Å². The number of carbonyl (C=O) groups is 1. The van der Waals surface area contributed by atoms with Crippen LogP contribution in [0.5, 0.6) is 17.2 Å². The average molecular weight is 312 g/mol. The predicted molar refractivity (Wildman–Crippen MR) is 82.1 cm³/mol. The van der Waals surface area contributed by atoms with Crippen molar-refractivity contribution in [2.75, 3.05) is 7.11 Å². The first-order chi connectivity index (χ1) is 11.1. The highest BCUT2D eigenvalue weighted by Crippen LogP contribution is 2.34. The van der Waals surface area contributed by atoms with Crippen molar-refractivity contribution in [1.29, 1.82) is 0 Å². The summed E-state index contributed by atoms with van der Waals surface area (Å²) in [6.07, 6.45) is 0. The third-order valence-electron chi connectivity index (χ3n) is 3.21. The Labute approximate surface area is 130 Å². The van der Waals surface area contributed by atoms with Gasteiger partial charge in [-0.1, -0.05) is 18.2 Å². The molecule has 0 aliphatic rings. The SMILES string of the molecule is COc1c(OC(=O)c2ccccc2)c2ccc(O)cc2oc1=O. The molecule has 0 fully saturated rings. The molecular weight excluding hydrogens is 300 g/mol. The first-order valence-electron chi connectivity index (χ1n) is 6.71. The van der Waals surface area contributed by atoms with Crippen molar-refractivity contribution in [3.63, 3.8) is 0 Å². The number of fused-ring (bicyclic) bond motifs is 1. The molecule has 1 heterocycles. The van der Waals surface area contributed by atoms with Crippen LogP contribution in [0.3, 0.4) is 0 Å². The van der Waals surface area contributed by atoms with Crippen molar-refractivity contribution in [1.82, 2.24) is 0 Å². The van der Waals surface area contributed by atoms with Crippen LogP contribution in [0.2, 0.25) is 0 Å². The van der Waals surface area contributed by atoms with Gasteiger partial charge in [0.2, 0.25) is 5.75 Å². The third kappa shape index (κ3) is 2.74. The van der Waals surface area contributed by atoms with Crippen molar-refractivity contribution >= 4 is 16.9 Å². The van der Waals surface area contributed by atoms with Gasteiger partial charge < -0.3 is 19.0 Å². The van der Waals surface area contributed by atoms with Gasteiger partial charge in [-0.2, -0.15) is 0 Å². The lowest BCUT2D eigenvalue weighted by Gasteiger charge is -2.10. The molecule has 0 unspecified atom stereocenters. The molecule has 3 aromatic rings. The number of benzene rings is 2. The second-order valence-corrected chi connectivity index (χ2v) is 4.69. The number of hydrogen-bond acceptors (Lipinski definition) is 6. The molecule has 0 atom stereocenters. The molecule has 0 saturated carbocycles. The number of methoxy groups -OCH3 is 1. The smallest absolute Gasteiger partial charge is 0.383 e. The molecule has 0 aliphatic carbocycles. The topological polar surface area (TPSA) is 86.0 Å². The van der Waals surface area contributed by atoms with E-state index in [4.69, 9.17) is 13.9 Å². The average Bonchev–Trinajstić information content (AvgIpc) is 2.55. The van der Waals surface area contributed by atoms with Gasteiger partial charge in [0.25, 0.3) is 0 Å². The number of phenolic OH excluding ortho intramolecular Hbond substituents is 1. The Morgan fingerprint density at radius 3 is 2.52 bits per heavy atom. The fourth-order valence-corrected chi connectivity index (χ4v) is 2.15. The molecule has 0 saturated heterocycles. The number of carbonyl (C=O) groups excluding carboxylic acids is 1. The van der Waals surface area contributed by atoms with Crippen molar-refractivity contribution in [3.05, 3.63) is 64.5 Å². The fourth-order valence-electron chi connectivity index (χ4n) is 2.15. The normalized spacial score (nSPS) is 10.5. The first kappa shape index (κ1) is 14.6. The molecule has 3 rings (SSSR count). The Bertz CT molecular complexity index is 927. The standard InChI is InChI=1S/C17H12O6/c1-21-15-14(23-16(19)10-5-3-2-4-6-10)12-8-7-11(18)9-13(12)22-17(15)20/h2-9,18H,1H3. The third-order valence-corrected chi connectivity index (χ3v) is 3.21. The van der Waals surface area contributed by atoms with Crippen LogP contribution in [0.1, 0.15) is 10.4 Å². The van der Waals surface area contributed by atoms with E-state index in [9.17, 15) is 14.7 Å². The Balaban J connectivity index is 2.15. The van der Waals surface area contributed by atoms with Crippen LogP contribution < -0.4 is 15.1 Å². The van der Waals surface area contributed by atoms with Crippen LogP contribution >= 0.6 is 0 Å². The number of rotatable bonds is 3. The maximum atomic E-state index is 12.2. The Morgan fingerprint density at radius 1 is 1.09 bits per heavy atom. The number of aromatic hydroxyl groups is 1. The maximum Gasteiger partial charge on any atom is 0.383 e. The van der Waals surface area contributed by atoms with Gasteiger partial charge in [-0.15, -0.1) is 0 Å². The lowest BCUT2D eigenvalue weighted by atomic mass is 10.2. The lowest BCUT2D eigenvalue weighted by Crippen LogP contribution is -2.13. The molecule has 2 aromatic carbocycles. The van der Waals surface area contributed by atoms with E-state index in [0.29, 0.717) is 10.9 Å². The Kier molecular flexibility index (Phi) is 3.72. The zero-order chi connectivity index (χ0) is 16.4. The van der Waals surface area contributed by atoms with Gasteiger partial charge in [0.05, 0.1) is 18.1 Å². The van der Waals surface area contributed by atoms with Gasteiger partial charge in [-0.3, -0.25) is 0 Å². The number of phenols is 1. The zero-order valence-corrected chi connectivity index (χ0v) is 12.1. The van der Waals surface area contributed by atoms with Gasteiger partial charge in [0, 0.05) is 6.07 Å². The quantitative estimate of drug-likeness (QED) is 0.591. The molecule has 6 nitrogen and oxygen atoms in total. The van der Waals surface area contributed by atoms with Crippen molar-refractivity contribution in [2.24, 2.45) is 0 Å². The molecule has 116 valence electrons. The minimum absolute atomic E-state index is 0.0485. The minimum Gasteiger partial charge on any atom is -0.508 e. The molecule has 0 spiro atoms. The summed E-state index contributed by atoms with van der Waals surface area (Å²) in [6, 6.07) is 12.5. The van der Waals surface area contributed by atoms with Crippen LogP contribution in [0.4, 0.5) is 0 Å². The van der Waals surface area contributed by atoms with Crippen LogP contribution in [-0.4, -0.2) is 18.2 Å². The molecular formula is C17H12O6. The van der Waals surface area contributed by atoms with E-state index in [-0.39, 0.29) is 22.8 Å². The number of esters is 1. The van der Waals surface area contributed by atoms with E-state index >= 15 is 0 Å². The summed E-state index contributed by atoms with van der Waals surface area (Å²) in [7, 11) is 1.28. The monoisotopic (exact) mass is 312 g/mol. The molecule has 0 bridgehead atoms. The van der Waals surface area contributed by atoms with Crippen molar-refractivity contribution < 1.29 is 23.8 Å². The van der Waals surface area contributed by atoms with E-state index in [1.54, 1.807) is 30.3 Å². The summed E-state index contributed by atoms with van der Waals surface area (Å²) < 4.78 is 15.4. The lowest BCUT2D eigenvalue weighted by molar-refractivity contribution is 0.0731. The van der Waals surface area contributed by atoms with Crippen LogP contribution in [-0.2, 0) is 0 Å². The van der Waals surface area contributed by atoms with Gasteiger partial charge in [0.1, 0.15) is 11.3 Å². The van der Waals surface area contributed by atoms with Gasteiger partial charge in [-0.05, 0) is 24.3 Å². The van der Waals surface area contributed by atoms with Crippen molar-refractivity contribution in [3.8, 4) is 17.2 Å². The van der Waals surface area contributed by atoms with Gasteiger partial charge in [0.15, 0.2) is 5.75 Å². The second kappa shape index (κ2) is 5.84. The zero-order valence-electron chi connectivity index (χ0n) is 12.1. The van der Waals surface area contributed by atoms with Gasteiger partial charge >= 0.3 is 11.6 Å². The second-order valence-electron chi connectivity index (χ2n) is 4.69. The molecule has 0 radical (unpaired) electrons. The highest BCUT2D eigenvalue weighted by atomic mass is 16.6. The maximum absolute atomic E-state index is 12.2. The number of hydrogen-bond donors (Lipinski definition) is 1. The molecule has 0 amide bonds. The Morgan fingerprint density at radius 2 is 1.83 bits per heavy atom. The van der Waals surface area contributed by atoms with Crippen LogP contribution in [0, 0.1) is 0 Å². The van der Waals surface area contributed by atoms with Crippen LogP contribution in [0.15, 0.2) is 57.7 Å². The minimum atomic E-state index is -0.804. The highest BCUT2D eigenvalue weighted by molar-refractivity contribution is 5.95. The molecule has 0 aliphatic heterocycles. The van der Waals surface area contributed by atoms with E-state index in [2.05, 4.69) is 0 Å².